The Morgan fingerprint density at radius 1 is 0.710 bits per heavy atom. The smallest absolute Gasteiger partial charge is 0.314 e. The van der Waals surface area contributed by atoms with Crippen LogP contribution in [0.2, 0.25) is 51.9 Å². The Hall–Kier alpha value is -0.159. The van der Waals surface area contributed by atoms with E-state index in [1.807, 2.05) is 0 Å². The molecule has 8 heteroatoms. The minimum atomic E-state index is -2.16. The van der Waals surface area contributed by atoms with Crippen LogP contribution in [0.3, 0.4) is 0 Å². The lowest BCUT2D eigenvalue weighted by Gasteiger charge is -2.38. The van der Waals surface area contributed by atoms with Gasteiger partial charge in [-0.2, -0.15) is 0 Å². The van der Waals surface area contributed by atoms with Crippen molar-refractivity contribution in [1.29, 1.82) is 0 Å². The van der Waals surface area contributed by atoms with Crippen molar-refractivity contribution in [2.45, 2.75) is 135 Å². The molecule has 0 aromatic carbocycles. The quantitative estimate of drug-likeness (QED) is 0.164. The molecule has 5 nitrogen and oxygen atoms in total. The summed E-state index contributed by atoms with van der Waals surface area (Å²) < 4.78 is 13.3. The summed E-state index contributed by atoms with van der Waals surface area (Å²) in [6.45, 7) is 16.8. The first-order valence-electron chi connectivity index (χ1n) is 12.9. The van der Waals surface area contributed by atoms with Gasteiger partial charge in [-0.25, -0.2) is 0 Å². The van der Waals surface area contributed by atoms with Crippen molar-refractivity contribution in [2.24, 2.45) is 4.99 Å². The zero-order valence-electron chi connectivity index (χ0n) is 21.6. The highest BCUT2D eigenvalue weighted by atomic mass is 28.5. The Morgan fingerprint density at radius 3 is 1.52 bits per heavy atom. The van der Waals surface area contributed by atoms with Crippen LogP contribution >= 0.6 is 0 Å². The van der Waals surface area contributed by atoms with Crippen LogP contribution in [0.1, 0.15) is 70.6 Å². The van der Waals surface area contributed by atoms with Crippen LogP contribution in [0.5, 0.6) is 0 Å². The minimum absolute atomic E-state index is 0.591. The second kappa shape index (κ2) is 12.3. The van der Waals surface area contributed by atoms with Crippen molar-refractivity contribution in [2.75, 3.05) is 6.54 Å². The van der Waals surface area contributed by atoms with E-state index in [0.717, 1.165) is 25.0 Å². The molecular weight excluding hydrogens is 435 g/mol. The summed E-state index contributed by atoms with van der Waals surface area (Å²) in [4.78, 5) is 5.04. The molecule has 0 bridgehead atoms. The van der Waals surface area contributed by atoms with Gasteiger partial charge in [0, 0.05) is 18.6 Å². The molecule has 0 aromatic heterocycles. The number of hydrogen-bond acceptors (Lipinski definition) is 3. The van der Waals surface area contributed by atoms with E-state index >= 15 is 0 Å². The van der Waals surface area contributed by atoms with Crippen LogP contribution < -0.4 is 10.6 Å². The maximum Gasteiger partial charge on any atom is 0.314 e. The summed E-state index contributed by atoms with van der Waals surface area (Å²) in [6, 6.07) is 2.22. The number of hydrogen-bond donors (Lipinski definition) is 2. The zero-order valence-corrected chi connectivity index (χ0v) is 24.6. The van der Waals surface area contributed by atoms with Gasteiger partial charge in [0.25, 0.3) is 0 Å². The highest BCUT2D eigenvalue weighted by Gasteiger charge is 2.39. The van der Waals surface area contributed by atoms with Crippen LogP contribution in [-0.4, -0.2) is 49.8 Å². The van der Waals surface area contributed by atoms with E-state index < -0.39 is 25.2 Å². The van der Waals surface area contributed by atoms with Crippen LogP contribution in [0, 0.1) is 0 Å². The molecule has 2 N–H and O–H groups in total. The van der Waals surface area contributed by atoms with Crippen LogP contribution in [0.25, 0.3) is 0 Å². The molecule has 0 unspecified atom stereocenters. The minimum Gasteiger partial charge on any atom is -0.437 e. The van der Waals surface area contributed by atoms with Crippen LogP contribution in [-0.2, 0) is 8.23 Å². The summed E-state index contributed by atoms with van der Waals surface area (Å²) in [7, 11) is -5.43. The predicted octanol–water partition coefficient (Wildman–Crippen LogP) is 6.35. The molecule has 31 heavy (non-hydrogen) atoms. The Balaban J connectivity index is 1.95. The molecule has 0 radical (unpaired) electrons. The van der Waals surface area contributed by atoms with Gasteiger partial charge in [0.15, 0.2) is 22.6 Å². The summed E-state index contributed by atoms with van der Waals surface area (Å²) in [6.07, 6.45) is 14.3. The van der Waals surface area contributed by atoms with E-state index in [1.54, 1.807) is 0 Å². The van der Waals surface area contributed by atoms with Crippen molar-refractivity contribution >= 4 is 31.2 Å². The third kappa shape index (κ3) is 12.0. The first-order chi connectivity index (χ1) is 14.4. The SMILES string of the molecule is C[Si](C)(C)O[Si](C)(CCCN=C(NC1CCCCC1)NC1CCCCC1)O[Si](C)(C)C. The number of nitrogens with one attached hydrogen (secondary N) is 2. The van der Waals surface area contributed by atoms with Gasteiger partial charge in [-0.15, -0.1) is 0 Å². The van der Waals surface area contributed by atoms with Gasteiger partial charge in [0.2, 0.25) is 0 Å². The fourth-order valence-corrected chi connectivity index (χ4v) is 17.5. The molecule has 0 aromatic rings. The number of guanidine groups is 1. The van der Waals surface area contributed by atoms with Gasteiger partial charge < -0.3 is 18.9 Å². The maximum absolute atomic E-state index is 6.66. The summed E-state index contributed by atoms with van der Waals surface area (Å²) in [5.74, 6) is 1.05. The zero-order chi connectivity index (χ0) is 23.0. The van der Waals surface area contributed by atoms with Gasteiger partial charge in [-0.3, -0.25) is 4.99 Å². The Kier molecular flexibility index (Phi) is 10.8. The molecule has 2 aliphatic carbocycles. The second-order valence-corrected chi connectivity index (χ2v) is 24.7. The Morgan fingerprint density at radius 2 is 1.13 bits per heavy atom. The molecule has 2 rings (SSSR count). The summed E-state index contributed by atoms with van der Waals surface area (Å²) in [5.41, 5.74) is 0. The van der Waals surface area contributed by atoms with Crippen molar-refractivity contribution < 1.29 is 8.23 Å². The second-order valence-electron chi connectivity index (χ2n) is 11.9. The highest BCUT2D eigenvalue weighted by Crippen LogP contribution is 2.25. The summed E-state index contributed by atoms with van der Waals surface area (Å²) in [5, 5.41) is 7.56. The number of nitrogens with zero attached hydrogens (tertiary/aromatic N) is 1. The highest BCUT2D eigenvalue weighted by molar-refractivity contribution is 6.87. The maximum atomic E-state index is 6.66. The van der Waals surface area contributed by atoms with Crippen LogP contribution in [0.4, 0.5) is 0 Å². The van der Waals surface area contributed by atoms with E-state index in [4.69, 9.17) is 13.2 Å². The molecule has 2 fully saturated rings. The van der Waals surface area contributed by atoms with Crippen LogP contribution in [0.15, 0.2) is 4.99 Å². The predicted molar refractivity (Wildman–Crippen MR) is 142 cm³/mol. The van der Waals surface area contributed by atoms with E-state index in [-0.39, 0.29) is 0 Å². The number of rotatable bonds is 10. The van der Waals surface area contributed by atoms with Crippen molar-refractivity contribution in [3.63, 3.8) is 0 Å². The molecule has 0 spiro atoms. The molecule has 2 aliphatic rings. The first-order valence-corrected chi connectivity index (χ1v) is 22.3. The van der Waals surface area contributed by atoms with E-state index in [9.17, 15) is 0 Å². The molecule has 182 valence electrons. The van der Waals surface area contributed by atoms with E-state index in [1.165, 1.54) is 64.2 Å². The molecular formula is C23H51N3O2Si3. The van der Waals surface area contributed by atoms with Crippen molar-refractivity contribution in [3.05, 3.63) is 0 Å². The molecule has 0 heterocycles. The monoisotopic (exact) mass is 485 g/mol. The lowest BCUT2D eigenvalue weighted by atomic mass is 9.95. The topological polar surface area (TPSA) is 54.9 Å². The van der Waals surface area contributed by atoms with E-state index in [2.05, 4.69) is 56.5 Å². The average molecular weight is 486 g/mol. The van der Waals surface area contributed by atoms with Gasteiger partial charge in [0.1, 0.15) is 0 Å². The van der Waals surface area contributed by atoms with Crippen molar-refractivity contribution in [3.8, 4) is 0 Å². The third-order valence-corrected chi connectivity index (χ3v) is 15.6. The Labute approximate surface area is 196 Å². The molecule has 0 atom stereocenters. The first kappa shape index (κ1) is 27.1. The normalized spacial score (nSPS) is 19.8. The lowest BCUT2D eigenvalue weighted by Crippen LogP contribution is -2.52. The Bertz CT molecular complexity index is 511. The van der Waals surface area contributed by atoms with Gasteiger partial charge in [0.05, 0.1) is 0 Å². The molecule has 0 amide bonds. The van der Waals surface area contributed by atoms with Crippen molar-refractivity contribution in [1.82, 2.24) is 10.6 Å². The van der Waals surface area contributed by atoms with Gasteiger partial charge >= 0.3 is 8.56 Å². The fourth-order valence-electron chi connectivity index (χ4n) is 5.02. The fraction of sp³-hybridized carbons (Fsp3) is 0.957. The third-order valence-electron chi connectivity index (χ3n) is 6.00. The summed E-state index contributed by atoms with van der Waals surface area (Å²) >= 11 is 0. The van der Waals surface area contributed by atoms with Gasteiger partial charge in [-0.1, -0.05) is 38.5 Å². The largest absolute Gasteiger partial charge is 0.437 e. The lowest BCUT2D eigenvalue weighted by molar-refractivity contribution is 0.381. The standard InChI is InChI=1S/C23H51N3O2Si3/c1-29(2,3)27-31(7,28-30(4,5)6)20-14-19-24-23(25-21-15-10-8-11-16-21)26-22-17-12-9-13-18-22/h21-22H,8-20H2,1-7H3,(H2,24,25,26). The molecule has 0 aliphatic heterocycles. The van der Waals surface area contributed by atoms with Gasteiger partial charge in [-0.05, 0) is 84.0 Å². The molecule has 0 saturated heterocycles. The average Bonchev–Trinajstić information content (AvgIpc) is 2.64. The number of aliphatic imine (C=N–C) groups is 1. The van der Waals surface area contributed by atoms with E-state index in [0.29, 0.717) is 12.1 Å². The molecule has 2 saturated carbocycles.